The number of anilines is 2. The second-order valence-corrected chi connectivity index (χ2v) is 10.9. The largest absolute Gasteiger partial charge is 0.426 e. The molecule has 10 nitrogen and oxygen atoms in total. The normalized spacial score (nSPS) is 27.8. The van der Waals surface area contributed by atoms with E-state index < -0.39 is 16.8 Å². The van der Waals surface area contributed by atoms with Crippen molar-refractivity contribution in [3.63, 3.8) is 0 Å². The molecule has 5 atom stereocenters. The van der Waals surface area contributed by atoms with Crippen molar-refractivity contribution in [3.05, 3.63) is 57.6 Å². The van der Waals surface area contributed by atoms with Gasteiger partial charge >= 0.3 is 5.97 Å². The number of esters is 1. The van der Waals surface area contributed by atoms with Gasteiger partial charge in [0.1, 0.15) is 5.75 Å². The Morgan fingerprint density at radius 2 is 1.66 bits per heavy atom. The van der Waals surface area contributed by atoms with E-state index in [0.717, 1.165) is 19.3 Å². The lowest BCUT2D eigenvalue weighted by Crippen LogP contribution is -2.33. The predicted octanol–water partition coefficient (Wildman–Crippen LogP) is 3.71. The first-order valence-electron chi connectivity index (χ1n) is 12.9. The van der Waals surface area contributed by atoms with Crippen molar-refractivity contribution < 1.29 is 28.8 Å². The van der Waals surface area contributed by atoms with Crippen LogP contribution in [0.5, 0.6) is 5.75 Å². The van der Waals surface area contributed by atoms with Crippen molar-refractivity contribution in [2.75, 3.05) is 16.3 Å². The Morgan fingerprint density at radius 3 is 2.29 bits per heavy atom. The molecule has 4 aliphatic rings. The number of nitro groups is 1. The molecule has 0 N–H and O–H groups in total. The fraction of sp³-hybridized carbons (Fsp3) is 0.429. The summed E-state index contributed by atoms with van der Waals surface area (Å²) in [6, 6.07) is 9.34. The van der Waals surface area contributed by atoms with Gasteiger partial charge in [0.05, 0.1) is 34.1 Å². The summed E-state index contributed by atoms with van der Waals surface area (Å²) < 4.78 is 5.57. The van der Waals surface area contributed by atoms with Gasteiger partial charge < -0.3 is 9.64 Å². The van der Waals surface area contributed by atoms with Gasteiger partial charge in [-0.2, -0.15) is 0 Å². The average molecular weight is 518 g/mol. The smallest absolute Gasteiger partial charge is 0.316 e. The number of nitro benzene ring substituents is 1. The molecular formula is C28H27N3O7. The molecule has 2 aliphatic heterocycles. The molecule has 2 bridgehead atoms. The monoisotopic (exact) mass is 517 g/mol. The van der Waals surface area contributed by atoms with Crippen LogP contribution < -0.4 is 14.5 Å². The molecule has 2 saturated heterocycles. The summed E-state index contributed by atoms with van der Waals surface area (Å²) in [5.74, 6) is -1.46. The Bertz CT molecular complexity index is 1390. The minimum absolute atomic E-state index is 0.0524. The van der Waals surface area contributed by atoms with E-state index in [2.05, 4.69) is 0 Å². The van der Waals surface area contributed by atoms with E-state index >= 15 is 0 Å². The first-order valence-corrected chi connectivity index (χ1v) is 12.9. The van der Waals surface area contributed by atoms with Crippen molar-refractivity contribution in [2.24, 2.45) is 29.6 Å². The summed E-state index contributed by atoms with van der Waals surface area (Å²) in [6.45, 7) is 3.43. The average Bonchev–Trinajstić information content (AvgIpc) is 3.64. The lowest BCUT2D eigenvalue weighted by molar-refractivity contribution is -0.385. The lowest BCUT2D eigenvalue weighted by Gasteiger charge is -2.20. The number of nitrogens with zero attached hydrogens (tertiary/aromatic N) is 3. The molecule has 0 unspecified atom stereocenters. The molecule has 10 heteroatoms. The molecule has 2 saturated carbocycles. The molecule has 0 radical (unpaired) electrons. The molecule has 0 aromatic heterocycles. The van der Waals surface area contributed by atoms with E-state index in [1.54, 1.807) is 44.2 Å². The highest BCUT2D eigenvalue weighted by Crippen LogP contribution is 2.56. The van der Waals surface area contributed by atoms with E-state index in [9.17, 15) is 29.3 Å². The van der Waals surface area contributed by atoms with Crippen molar-refractivity contribution in [1.82, 2.24) is 0 Å². The fourth-order valence-electron chi connectivity index (χ4n) is 6.87. The molecular weight excluding hydrogens is 490 g/mol. The molecule has 2 aromatic carbocycles. The van der Waals surface area contributed by atoms with Gasteiger partial charge in [-0.3, -0.25) is 29.3 Å². The first kappa shape index (κ1) is 24.3. The van der Waals surface area contributed by atoms with Crippen LogP contribution in [0.25, 0.3) is 0 Å². The number of rotatable bonds is 5. The van der Waals surface area contributed by atoms with E-state index in [1.165, 1.54) is 15.9 Å². The van der Waals surface area contributed by atoms with Gasteiger partial charge in [0.15, 0.2) is 0 Å². The zero-order valence-corrected chi connectivity index (χ0v) is 21.1. The third-order valence-electron chi connectivity index (χ3n) is 8.71. The molecule has 2 aliphatic carbocycles. The van der Waals surface area contributed by atoms with Crippen molar-refractivity contribution >= 4 is 40.8 Å². The minimum atomic E-state index is -0.737. The number of aryl methyl sites for hydroxylation is 2. The third kappa shape index (κ3) is 3.69. The first-order chi connectivity index (χ1) is 18.1. The Labute approximate surface area is 218 Å². The number of hydrogen-bond donors (Lipinski definition) is 0. The summed E-state index contributed by atoms with van der Waals surface area (Å²) in [5.41, 5.74) is 1.90. The Balaban J connectivity index is 1.15. The van der Waals surface area contributed by atoms with Gasteiger partial charge in [-0.1, -0.05) is 6.07 Å². The molecule has 2 aromatic rings. The predicted molar refractivity (Wildman–Crippen MR) is 135 cm³/mol. The van der Waals surface area contributed by atoms with E-state index in [1.807, 2.05) is 0 Å². The lowest BCUT2D eigenvalue weighted by atomic mass is 9.81. The summed E-state index contributed by atoms with van der Waals surface area (Å²) in [5, 5.41) is 11.3. The van der Waals surface area contributed by atoms with Gasteiger partial charge in [0.2, 0.25) is 17.7 Å². The number of amides is 3. The summed E-state index contributed by atoms with van der Waals surface area (Å²) >= 11 is 0. The zero-order valence-electron chi connectivity index (χ0n) is 21.1. The van der Waals surface area contributed by atoms with Gasteiger partial charge in [-0.05, 0) is 74.8 Å². The Hall–Kier alpha value is -4.08. The second kappa shape index (κ2) is 8.75. The maximum absolute atomic E-state index is 13.2. The van der Waals surface area contributed by atoms with Crippen LogP contribution >= 0.6 is 0 Å². The SMILES string of the molecule is Cc1cc(OC(=O)[C@H]2CC(=O)N(c3ccc(C)c([N+](=O)[O-])c3)C2)ccc1N1C(=O)[C@@H]2[C@H]3CC[C@@H](C3)[C@@H]2C1=O. The van der Waals surface area contributed by atoms with Crippen LogP contribution in [0.1, 0.15) is 36.8 Å². The van der Waals surface area contributed by atoms with Crippen molar-refractivity contribution in [1.29, 1.82) is 0 Å². The highest BCUT2D eigenvalue weighted by molar-refractivity contribution is 6.23. The maximum atomic E-state index is 13.2. The number of fused-ring (bicyclic) bond motifs is 5. The van der Waals surface area contributed by atoms with E-state index in [-0.39, 0.29) is 54.0 Å². The Kier molecular flexibility index (Phi) is 5.59. The van der Waals surface area contributed by atoms with Crippen LogP contribution in [-0.4, -0.2) is 35.2 Å². The number of hydrogen-bond acceptors (Lipinski definition) is 7. The van der Waals surface area contributed by atoms with E-state index in [4.69, 9.17) is 4.74 Å². The molecule has 4 fully saturated rings. The molecule has 0 spiro atoms. The summed E-state index contributed by atoms with van der Waals surface area (Å²) in [4.78, 5) is 65.4. The van der Waals surface area contributed by atoms with Crippen LogP contribution in [0.3, 0.4) is 0 Å². The highest BCUT2D eigenvalue weighted by atomic mass is 16.6. The molecule has 38 heavy (non-hydrogen) atoms. The van der Waals surface area contributed by atoms with Crippen LogP contribution in [0.2, 0.25) is 0 Å². The number of ether oxygens (including phenoxy) is 1. The van der Waals surface area contributed by atoms with E-state index in [0.29, 0.717) is 34.3 Å². The molecule has 2 heterocycles. The molecule has 3 amide bonds. The number of benzene rings is 2. The fourth-order valence-corrected chi connectivity index (χ4v) is 6.87. The van der Waals surface area contributed by atoms with Crippen LogP contribution in [0.15, 0.2) is 36.4 Å². The van der Waals surface area contributed by atoms with Crippen LogP contribution in [0.4, 0.5) is 17.1 Å². The highest BCUT2D eigenvalue weighted by Gasteiger charge is 2.61. The third-order valence-corrected chi connectivity index (χ3v) is 8.71. The topological polar surface area (TPSA) is 127 Å². The van der Waals surface area contributed by atoms with Crippen molar-refractivity contribution in [3.8, 4) is 5.75 Å². The molecule has 6 rings (SSSR count). The van der Waals surface area contributed by atoms with Gasteiger partial charge in [-0.15, -0.1) is 0 Å². The maximum Gasteiger partial charge on any atom is 0.316 e. The van der Waals surface area contributed by atoms with Gasteiger partial charge in [0.25, 0.3) is 5.69 Å². The summed E-state index contributed by atoms with van der Waals surface area (Å²) in [6.07, 6.45) is 2.92. The minimum Gasteiger partial charge on any atom is -0.426 e. The van der Waals surface area contributed by atoms with Gasteiger partial charge in [0, 0.05) is 24.6 Å². The second-order valence-electron chi connectivity index (χ2n) is 10.9. The number of imide groups is 1. The van der Waals surface area contributed by atoms with Crippen LogP contribution in [-0.2, 0) is 19.2 Å². The standard InChI is InChI=1S/C28H27N3O7/c1-14-3-6-19(12-22(14)31(36)37)29-13-18(11-23(29)32)28(35)38-20-7-8-21(15(2)9-20)30-26(33)24-16-4-5-17(10-16)25(24)27(30)34/h3,6-9,12,16-18,24-25H,4-5,10-11,13H2,1-2H3/t16-,17-,18-,24-,25+/m0/s1. The van der Waals surface area contributed by atoms with Crippen molar-refractivity contribution in [2.45, 2.75) is 39.5 Å². The number of carbonyl (C=O) groups excluding carboxylic acids is 4. The zero-order chi connectivity index (χ0) is 26.9. The number of carbonyl (C=O) groups is 4. The van der Waals surface area contributed by atoms with Gasteiger partial charge in [-0.25, -0.2) is 4.90 Å². The Morgan fingerprint density at radius 1 is 0.974 bits per heavy atom. The molecule has 196 valence electrons. The summed E-state index contributed by atoms with van der Waals surface area (Å²) in [7, 11) is 0. The van der Waals surface area contributed by atoms with Crippen LogP contribution in [0, 0.1) is 53.6 Å². The quantitative estimate of drug-likeness (QED) is 0.194.